The van der Waals surface area contributed by atoms with E-state index < -0.39 is 6.09 Å². The first-order valence-corrected chi connectivity index (χ1v) is 10.8. The van der Waals surface area contributed by atoms with Gasteiger partial charge in [0.15, 0.2) is 0 Å². The van der Waals surface area contributed by atoms with Crippen LogP contribution in [0.3, 0.4) is 0 Å². The van der Waals surface area contributed by atoms with Crippen LogP contribution in [0.25, 0.3) is 10.8 Å². The number of hydrogen-bond acceptors (Lipinski definition) is 7. The van der Waals surface area contributed by atoms with Crippen molar-refractivity contribution in [3.63, 3.8) is 0 Å². The highest BCUT2D eigenvalue weighted by atomic mass is 16.6. The van der Waals surface area contributed by atoms with E-state index in [0.29, 0.717) is 30.3 Å². The minimum absolute atomic E-state index is 0.199. The summed E-state index contributed by atoms with van der Waals surface area (Å²) < 4.78 is 13.2. The van der Waals surface area contributed by atoms with Gasteiger partial charge in [-0.2, -0.15) is 0 Å². The Morgan fingerprint density at radius 3 is 2.94 bits per heavy atom. The van der Waals surface area contributed by atoms with Crippen LogP contribution in [0, 0.1) is 5.92 Å². The fraction of sp³-hybridized carbons (Fsp3) is 0.250. The molecule has 0 saturated carbocycles. The molecule has 1 amide bonds. The Morgan fingerprint density at radius 2 is 2.03 bits per heavy atom. The molecule has 168 valence electrons. The van der Waals surface area contributed by atoms with Gasteiger partial charge in [0.2, 0.25) is 11.8 Å². The number of hydrogen-bond donors (Lipinski definition) is 2. The van der Waals surface area contributed by atoms with Crippen molar-refractivity contribution >= 4 is 22.6 Å². The van der Waals surface area contributed by atoms with Crippen LogP contribution >= 0.6 is 0 Å². The molecule has 4 aromatic rings. The van der Waals surface area contributed by atoms with Crippen molar-refractivity contribution in [1.82, 2.24) is 19.5 Å². The summed E-state index contributed by atoms with van der Waals surface area (Å²) in [6.07, 6.45) is 8.35. The zero-order chi connectivity index (χ0) is 22.6. The van der Waals surface area contributed by atoms with Crippen molar-refractivity contribution in [2.75, 3.05) is 11.9 Å². The monoisotopic (exact) mass is 444 g/mol. The van der Waals surface area contributed by atoms with Gasteiger partial charge in [-0.3, -0.25) is 0 Å². The van der Waals surface area contributed by atoms with Gasteiger partial charge in [0.25, 0.3) is 0 Å². The van der Waals surface area contributed by atoms with Crippen molar-refractivity contribution in [2.45, 2.75) is 25.9 Å². The van der Waals surface area contributed by atoms with E-state index in [1.165, 1.54) is 0 Å². The number of aromatic nitrogens is 4. The number of amides is 1. The van der Waals surface area contributed by atoms with Crippen molar-refractivity contribution < 1.29 is 14.3 Å². The van der Waals surface area contributed by atoms with Crippen molar-refractivity contribution in [3.05, 3.63) is 72.6 Å². The zero-order valence-corrected chi connectivity index (χ0v) is 18.0. The molecule has 9 nitrogen and oxygen atoms in total. The Balaban J connectivity index is 1.19. The number of primary amides is 1. The van der Waals surface area contributed by atoms with Crippen LogP contribution in [0.1, 0.15) is 17.8 Å². The third-order valence-electron chi connectivity index (χ3n) is 5.74. The third kappa shape index (κ3) is 4.87. The average Bonchev–Trinajstić information content (AvgIpc) is 3.29. The highest BCUT2D eigenvalue weighted by Gasteiger charge is 2.20. The second-order valence-electron chi connectivity index (χ2n) is 8.04. The average molecular weight is 444 g/mol. The number of ether oxygens (including phenoxy) is 2. The van der Waals surface area contributed by atoms with Crippen LogP contribution in [0.15, 0.2) is 61.2 Å². The van der Waals surface area contributed by atoms with Gasteiger partial charge in [-0.05, 0) is 47.7 Å². The Kier molecular flexibility index (Phi) is 5.75. The molecule has 1 atom stereocenters. The van der Waals surface area contributed by atoms with E-state index in [0.717, 1.165) is 41.8 Å². The quantitative estimate of drug-likeness (QED) is 0.448. The maximum absolute atomic E-state index is 11.1. The molecule has 0 fully saturated rings. The van der Waals surface area contributed by atoms with E-state index in [1.54, 1.807) is 12.4 Å². The van der Waals surface area contributed by atoms with Gasteiger partial charge in [0, 0.05) is 67.4 Å². The maximum atomic E-state index is 11.1. The van der Waals surface area contributed by atoms with E-state index in [4.69, 9.17) is 15.2 Å². The highest BCUT2D eigenvalue weighted by Crippen LogP contribution is 2.26. The number of anilines is 1. The molecule has 0 unspecified atom stereocenters. The molecule has 0 saturated heterocycles. The van der Waals surface area contributed by atoms with Crippen molar-refractivity contribution in [2.24, 2.45) is 11.7 Å². The van der Waals surface area contributed by atoms with Crippen LogP contribution in [0.4, 0.5) is 10.5 Å². The topological polar surface area (TPSA) is 117 Å². The Bertz CT molecular complexity index is 1290. The number of nitrogens with one attached hydrogen (secondary N) is 1. The lowest BCUT2D eigenvalue weighted by molar-refractivity contribution is 0.209. The molecule has 0 bridgehead atoms. The second-order valence-corrected chi connectivity index (χ2v) is 8.04. The molecule has 3 aromatic heterocycles. The molecule has 0 aliphatic carbocycles. The molecular formula is C24H24N6O3. The summed E-state index contributed by atoms with van der Waals surface area (Å²) >= 11 is 0. The summed E-state index contributed by atoms with van der Waals surface area (Å²) in [6.45, 7) is 2.23. The smallest absolute Gasteiger partial charge is 0.411 e. The number of pyridine rings is 2. The third-order valence-corrected chi connectivity index (χ3v) is 5.74. The van der Waals surface area contributed by atoms with E-state index in [9.17, 15) is 4.79 Å². The number of carbonyl (C=O) groups excluding carboxylic acids is 1. The first kappa shape index (κ1) is 20.7. The van der Waals surface area contributed by atoms with Gasteiger partial charge >= 0.3 is 6.09 Å². The van der Waals surface area contributed by atoms with Gasteiger partial charge in [0.05, 0.1) is 6.61 Å². The zero-order valence-electron chi connectivity index (χ0n) is 18.0. The molecule has 0 radical (unpaired) electrons. The van der Waals surface area contributed by atoms with Crippen molar-refractivity contribution in [3.8, 4) is 11.8 Å². The molecule has 1 aliphatic heterocycles. The van der Waals surface area contributed by atoms with Crippen LogP contribution < -0.4 is 20.5 Å². The standard InChI is InChI=1S/C24H24N6O3/c25-24(31)33-23-20-2-1-19(13-18(20)4-7-28-23)29-14-16-3-6-27-22(12-16)32-15-17-5-9-30-10-8-26-21(30)11-17/h1-4,6-8,10,12-13,17,29H,5,9,11,14-15H2,(H2,25,31)/t17-/m0/s1. The number of rotatable bonds is 7. The molecule has 3 N–H and O–H groups in total. The Morgan fingerprint density at radius 1 is 1.12 bits per heavy atom. The predicted molar refractivity (Wildman–Crippen MR) is 123 cm³/mol. The van der Waals surface area contributed by atoms with Gasteiger partial charge in [-0.25, -0.2) is 19.7 Å². The van der Waals surface area contributed by atoms with Crippen LogP contribution in [0.5, 0.6) is 11.8 Å². The van der Waals surface area contributed by atoms with Crippen LogP contribution in [-0.4, -0.2) is 32.2 Å². The summed E-state index contributed by atoms with van der Waals surface area (Å²) in [4.78, 5) is 23.9. The van der Waals surface area contributed by atoms with Gasteiger partial charge < -0.3 is 25.1 Å². The molecule has 9 heteroatoms. The van der Waals surface area contributed by atoms with Crippen LogP contribution in [0.2, 0.25) is 0 Å². The first-order chi connectivity index (χ1) is 16.1. The number of carbonyl (C=O) groups is 1. The van der Waals surface area contributed by atoms with E-state index in [2.05, 4.69) is 24.8 Å². The molecule has 5 rings (SSSR count). The minimum atomic E-state index is -0.886. The summed E-state index contributed by atoms with van der Waals surface area (Å²) in [6, 6.07) is 11.5. The lowest BCUT2D eigenvalue weighted by Crippen LogP contribution is -2.24. The maximum Gasteiger partial charge on any atom is 0.411 e. The van der Waals surface area contributed by atoms with E-state index in [-0.39, 0.29) is 5.88 Å². The van der Waals surface area contributed by atoms with E-state index >= 15 is 0 Å². The lowest BCUT2D eigenvalue weighted by Gasteiger charge is -2.23. The van der Waals surface area contributed by atoms with Gasteiger partial charge in [0.1, 0.15) is 5.82 Å². The molecule has 33 heavy (non-hydrogen) atoms. The number of imidazole rings is 1. The van der Waals surface area contributed by atoms with Gasteiger partial charge in [-0.1, -0.05) is 0 Å². The molecule has 1 aliphatic rings. The molecule has 4 heterocycles. The summed E-state index contributed by atoms with van der Waals surface area (Å²) in [5.74, 6) is 2.39. The number of nitrogens with zero attached hydrogens (tertiary/aromatic N) is 4. The SMILES string of the molecule is NC(=O)Oc1nccc2cc(NCc3ccnc(OC[C@H]4CCn5ccnc5C4)c3)ccc12. The number of aryl methyl sites for hydroxylation is 1. The molecule has 0 spiro atoms. The fourth-order valence-electron chi connectivity index (χ4n) is 4.04. The number of fused-ring (bicyclic) bond motifs is 2. The minimum Gasteiger partial charge on any atom is -0.477 e. The Hall–Kier alpha value is -4.14. The first-order valence-electron chi connectivity index (χ1n) is 10.8. The largest absolute Gasteiger partial charge is 0.477 e. The number of nitrogens with two attached hydrogens (primary N) is 1. The highest BCUT2D eigenvalue weighted by molar-refractivity contribution is 5.90. The van der Waals surface area contributed by atoms with E-state index in [1.807, 2.05) is 48.8 Å². The molecule has 1 aromatic carbocycles. The lowest BCUT2D eigenvalue weighted by atomic mass is 9.99. The normalized spacial score (nSPS) is 15.1. The second kappa shape index (κ2) is 9.15. The summed E-state index contributed by atoms with van der Waals surface area (Å²) in [5, 5.41) is 5.01. The molecular weight excluding hydrogens is 420 g/mol. The van der Waals surface area contributed by atoms with Gasteiger partial charge in [-0.15, -0.1) is 0 Å². The summed E-state index contributed by atoms with van der Waals surface area (Å²) in [5.41, 5.74) is 7.10. The summed E-state index contributed by atoms with van der Waals surface area (Å²) in [7, 11) is 0. The fourth-order valence-corrected chi connectivity index (χ4v) is 4.04. The number of benzene rings is 1. The van der Waals surface area contributed by atoms with Crippen molar-refractivity contribution in [1.29, 1.82) is 0 Å². The Labute approximate surface area is 190 Å². The predicted octanol–water partition coefficient (Wildman–Crippen LogP) is 3.54. The van der Waals surface area contributed by atoms with Crippen LogP contribution in [-0.2, 0) is 19.5 Å².